The van der Waals surface area contributed by atoms with Crippen LogP contribution in [0.1, 0.15) is 43.2 Å². The molecule has 17 heavy (non-hydrogen) atoms. The highest BCUT2D eigenvalue weighted by molar-refractivity contribution is 5.12. The van der Waals surface area contributed by atoms with E-state index in [1.165, 1.54) is 30.8 Å². The molecule has 2 aliphatic heterocycles. The van der Waals surface area contributed by atoms with E-state index in [4.69, 9.17) is 0 Å². The molecular weight excluding hydrogens is 214 g/mol. The highest BCUT2D eigenvalue weighted by atomic mass is 16.3. The van der Waals surface area contributed by atoms with Gasteiger partial charge in [-0.25, -0.2) is 4.98 Å². The number of rotatable bonds is 2. The quantitative estimate of drug-likeness (QED) is 0.811. The van der Waals surface area contributed by atoms with Crippen LogP contribution in [0.2, 0.25) is 0 Å². The average Bonchev–Trinajstić information content (AvgIpc) is 2.82. The molecule has 2 unspecified atom stereocenters. The molecule has 4 heteroatoms. The Kier molecular flexibility index (Phi) is 3.16. The third kappa shape index (κ3) is 2.11. The monoisotopic (exact) mass is 235 g/mol. The van der Waals surface area contributed by atoms with Crippen molar-refractivity contribution in [2.75, 3.05) is 13.2 Å². The minimum Gasteiger partial charge on any atom is -0.396 e. The van der Waals surface area contributed by atoms with Gasteiger partial charge in [0.15, 0.2) is 0 Å². The van der Waals surface area contributed by atoms with Crippen molar-refractivity contribution in [1.82, 2.24) is 14.9 Å². The Bertz CT molecular complexity index is 382. The molecule has 4 nitrogen and oxygen atoms in total. The van der Waals surface area contributed by atoms with Crippen molar-refractivity contribution in [2.45, 2.75) is 44.7 Å². The number of aromatic nitrogens is 2. The molecule has 0 aromatic carbocycles. The summed E-state index contributed by atoms with van der Waals surface area (Å²) in [6, 6.07) is 0.447. The Morgan fingerprint density at radius 1 is 1.41 bits per heavy atom. The van der Waals surface area contributed by atoms with Gasteiger partial charge in [-0.2, -0.15) is 0 Å². The number of piperidine rings is 1. The first kappa shape index (κ1) is 11.2. The van der Waals surface area contributed by atoms with E-state index >= 15 is 0 Å². The van der Waals surface area contributed by atoms with E-state index in [1.54, 1.807) is 0 Å². The number of nitrogens with one attached hydrogen (secondary N) is 1. The van der Waals surface area contributed by atoms with Gasteiger partial charge in [-0.05, 0) is 38.1 Å². The number of aliphatic hydroxyl groups excluding tert-OH is 1. The topological polar surface area (TPSA) is 50.1 Å². The molecule has 1 fully saturated rings. The summed E-state index contributed by atoms with van der Waals surface area (Å²) in [6.07, 6.45) is 7.87. The van der Waals surface area contributed by atoms with Crippen LogP contribution in [0, 0.1) is 5.92 Å². The first-order valence-corrected chi connectivity index (χ1v) is 6.77. The van der Waals surface area contributed by atoms with Gasteiger partial charge in [0.1, 0.15) is 5.82 Å². The lowest BCUT2D eigenvalue weighted by Crippen LogP contribution is -2.31. The summed E-state index contributed by atoms with van der Waals surface area (Å²) < 4.78 is 2.37. The summed E-state index contributed by atoms with van der Waals surface area (Å²) in [5.74, 6) is 1.66. The van der Waals surface area contributed by atoms with Crippen LogP contribution >= 0.6 is 0 Å². The Morgan fingerprint density at radius 2 is 2.35 bits per heavy atom. The van der Waals surface area contributed by atoms with Crippen LogP contribution in [0.4, 0.5) is 0 Å². The molecule has 0 saturated carbocycles. The van der Waals surface area contributed by atoms with Crippen LogP contribution < -0.4 is 5.32 Å². The largest absolute Gasteiger partial charge is 0.396 e. The fourth-order valence-electron chi connectivity index (χ4n) is 3.06. The molecular formula is C13H21N3O. The van der Waals surface area contributed by atoms with Gasteiger partial charge >= 0.3 is 0 Å². The molecule has 3 rings (SSSR count). The summed E-state index contributed by atoms with van der Waals surface area (Å²) in [7, 11) is 0. The maximum absolute atomic E-state index is 9.23. The van der Waals surface area contributed by atoms with Crippen LogP contribution in [0.15, 0.2) is 6.20 Å². The van der Waals surface area contributed by atoms with Crippen molar-refractivity contribution in [2.24, 2.45) is 5.92 Å². The van der Waals surface area contributed by atoms with Crippen molar-refractivity contribution in [3.05, 3.63) is 17.7 Å². The number of nitrogens with zero attached hydrogens (tertiary/aromatic N) is 2. The molecule has 2 atom stereocenters. The van der Waals surface area contributed by atoms with Crippen LogP contribution in [-0.4, -0.2) is 27.8 Å². The van der Waals surface area contributed by atoms with Crippen LogP contribution in [0.25, 0.3) is 0 Å². The molecule has 0 bridgehead atoms. The number of fused-ring (bicyclic) bond motifs is 1. The molecule has 3 heterocycles. The maximum atomic E-state index is 9.23. The van der Waals surface area contributed by atoms with Gasteiger partial charge in [0, 0.05) is 25.0 Å². The third-order valence-corrected chi connectivity index (χ3v) is 4.11. The standard InChI is InChI=1S/C13H21N3O/c17-9-10-4-6-16-11(7-10)8-15-13(16)12-3-1-2-5-14-12/h8,10,12,14,17H,1-7,9H2. The van der Waals surface area contributed by atoms with Crippen LogP contribution in [0.5, 0.6) is 0 Å². The maximum Gasteiger partial charge on any atom is 0.126 e. The lowest BCUT2D eigenvalue weighted by molar-refractivity contribution is 0.199. The summed E-state index contributed by atoms with van der Waals surface area (Å²) in [6.45, 7) is 2.45. The van der Waals surface area contributed by atoms with E-state index in [9.17, 15) is 5.11 Å². The van der Waals surface area contributed by atoms with E-state index < -0.39 is 0 Å². The number of aliphatic hydroxyl groups is 1. The van der Waals surface area contributed by atoms with Gasteiger partial charge in [-0.15, -0.1) is 0 Å². The molecule has 94 valence electrons. The smallest absolute Gasteiger partial charge is 0.126 e. The number of imidazole rings is 1. The van der Waals surface area contributed by atoms with Gasteiger partial charge in [0.2, 0.25) is 0 Å². The lowest BCUT2D eigenvalue weighted by atomic mass is 9.97. The zero-order valence-corrected chi connectivity index (χ0v) is 10.2. The molecule has 1 aromatic rings. The van der Waals surface area contributed by atoms with Crippen molar-refractivity contribution in [3.63, 3.8) is 0 Å². The van der Waals surface area contributed by atoms with E-state index in [0.29, 0.717) is 18.6 Å². The van der Waals surface area contributed by atoms with E-state index in [2.05, 4.69) is 14.9 Å². The average molecular weight is 235 g/mol. The molecule has 1 saturated heterocycles. The molecule has 0 spiro atoms. The fourth-order valence-corrected chi connectivity index (χ4v) is 3.06. The van der Waals surface area contributed by atoms with Crippen molar-refractivity contribution in [1.29, 1.82) is 0 Å². The molecule has 0 amide bonds. The highest BCUT2D eigenvalue weighted by Gasteiger charge is 2.25. The Morgan fingerprint density at radius 3 is 3.12 bits per heavy atom. The van der Waals surface area contributed by atoms with Crippen molar-refractivity contribution in [3.8, 4) is 0 Å². The predicted molar refractivity (Wildman–Crippen MR) is 65.7 cm³/mol. The lowest BCUT2D eigenvalue weighted by Gasteiger charge is -2.28. The summed E-state index contributed by atoms with van der Waals surface area (Å²) in [5, 5.41) is 12.8. The SMILES string of the molecule is OCC1CCn2c(cnc2C2CCCCN2)C1. The van der Waals surface area contributed by atoms with E-state index in [1.807, 2.05) is 6.20 Å². The molecule has 0 aliphatic carbocycles. The molecule has 2 N–H and O–H groups in total. The van der Waals surface area contributed by atoms with E-state index in [0.717, 1.165) is 25.9 Å². The summed E-state index contributed by atoms with van der Waals surface area (Å²) in [5.41, 5.74) is 1.30. The first-order valence-electron chi connectivity index (χ1n) is 6.77. The van der Waals surface area contributed by atoms with Crippen molar-refractivity contribution < 1.29 is 5.11 Å². The second kappa shape index (κ2) is 4.78. The normalized spacial score (nSPS) is 29.0. The Hall–Kier alpha value is -0.870. The van der Waals surface area contributed by atoms with Gasteiger partial charge in [-0.3, -0.25) is 0 Å². The minimum absolute atomic E-state index is 0.308. The minimum atomic E-state index is 0.308. The second-order valence-electron chi connectivity index (χ2n) is 5.30. The summed E-state index contributed by atoms with van der Waals surface area (Å²) >= 11 is 0. The van der Waals surface area contributed by atoms with Gasteiger partial charge in [0.05, 0.1) is 6.04 Å². The Balaban J connectivity index is 1.80. The van der Waals surface area contributed by atoms with Gasteiger partial charge in [-0.1, -0.05) is 6.42 Å². The van der Waals surface area contributed by atoms with Gasteiger partial charge in [0.25, 0.3) is 0 Å². The number of hydrogen-bond acceptors (Lipinski definition) is 3. The van der Waals surface area contributed by atoms with Crippen LogP contribution in [0.3, 0.4) is 0 Å². The van der Waals surface area contributed by atoms with E-state index in [-0.39, 0.29) is 0 Å². The number of hydrogen-bond donors (Lipinski definition) is 2. The second-order valence-corrected chi connectivity index (χ2v) is 5.30. The molecule has 2 aliphatic rings. The molecule has 0 radical (unpaired) electrons. The predicted octanol–water partition coefficient (Wildman–Crippen LogP) is 1.25. The zero-order valence-electron chi connectivity index (χ0n) is 10.2. The van der Waals surface area contributed by atoms with Gasteiger partial charge < -0.3 is 15.0 Å². The van der Waals surface area contributed by atoms with Crippen molar-refractivity contribution >= 4 is 0 Å². The first-order chi connectivity index (χ1) is 8.38. The summed E-state index contributed by atoms with van der Waals surface area (Å²) in [4.78, 5) is 4.61. The molecule has 1 aromatic heterocycles. The zero-order chi connectivity index (χ0) is 11.7. The van der Waals surface area contributed by atoms with Crippen LogP contribution in [-0.2, 0) is 13.0 Å². The fraction of sp³-hybridized carbons (Fsp3) is 0.769. The third-order valence-electron chi connectivity index (χ3n) is 4.11. The Labute approximate surface area is 102 Å². The highest BCUT2D eigenvalue weighted by Crippen LogP contribution is 2.27.